The molecule has 1 aromatic heterocycles. The van der Waals surface area contributed by atoms with E-state index in [-0.39, 0.29) is 31.6 Å². The van der Waals surface area contributed by atoms with Crippen molar-refractivity contribution < 1.29 is 24.3 Å². The second kappa shape index (κ2) is 12.9. The Morgan fingerprint density at radius 1 is 1.03 bits per heavy atom. The maximum Gasteiger partial charge on any atom is 0.326 e. The van der Waals surface area contributed by atoms with Gasteiger partial charge >= 0.3 is 5.97 Å². The number of aliphatic carboxylic acids is 1. The number of H-pyrrole nitrogens is 1. The molecule has 190 valence electrons. The van der Waals surface area contributed by atoms with E-state index in [2.05, 4.69) is 20.9 Å². The molecule has 13 heteroatoms. The van der Waals surface area contributed by atoms with Gasteiger partial charge in [-0.05, 0) is 30.9 Å². The van der Waals surface area contributed by atoms with Crippen LogP contribution >= 0.6 is 0 Å². The lowest BCUT2D eigenvalue weighted by molar-refractivity contribution is -0.142. The highest BCUT2D eigenvalue weighted by Gasteiger charge is 2.29. The van der Waals surface area contributed by atoms with Crippen LogP contribution in [0.4, 0.5) is 0 Å². The van der Waals surface area contributed by atoms with Crippen LogP contribution < -0.4 is 33.2 Å². The Bertz CT molecular complexity index is 1070. The van der Waals surface area contributed by atoms with Crippen LogP contribution in [0.5, 0.6) is 0 Å². The number of aromatic amines is 1. The first-order chi connectivity index (χ1) is 16.6. The van der Waals surface area contributed by atoms with Crippen LogP contribution in [0.3, 0.4) is 0 Å². The molecular weight excluding hydrogens is 456 g/mol. The van der Waals surface area contributed by atoms with Gasteiger partial charge in [-0.2, -0.15) is 0 Å². The zero-order chi connectivity index (χ0) is 26.0. The van der Waals surface area contributed by atoms with E-state index in [0.29, 0.717) is 13.0 Å². The fourth-order valence-electron chi connectivity index (χ4n) is 3.50. The second-order valence-corrected chi connectivity index (χ2v) is 8.12. The average molecular weight is 489 g/mol. The van der Waals surface area contributed by atoms with Gasteiger partial charge in [-0.25, -0.2) is 4.79 Å². The van der Waals surface area contributed by atoms with Crippen LogP contribution in [0.25, 0.3) is 10.9 Å². The molecule has 0 spiro atoms. The molecule has 13 nitrogen and oxygen atoms in total. The van der Waals surface area contributed by atoms with Crippen molar-refractivity contribution in [1.82, 2.24) is 20.9 Å². The predicted molar refractivity (Wildman–Crippen MR) is 129 cm³/mol. The summed E-state index contributed by atoms with van der Waals surface area (Å²) in [6, 6.07) is 3.99. The largest absolute Gasteiger partial charge is 0.480 e. The molecule has 0 unspecified atom stereocenters. The number of nitrogens with two attached hydrogens (primary N) is 3. The van der Waals surface area contributed by atoms with Gasteiger partial charge in [0.2, 0.25) is 17.7 Å². The number of para-hydroxylation sites is 1. The number of carbonyl (C=O) groups excluding carboxylic acids is 3. The quantitative estimate of drug-likeness (QED) is 0.0869. The fourth-order valence-corrected chi connectivity index (χ4v) is 3.50. The van der Waals surface area contributed by atoms with Crippen molar-refractivity contribution in [1.29, 1.82) is 5.41 Å². The third-order valence-corrected chi connectivity index (χ3v) is 5.37. The van der Waals surface area contributed by atoms with E-state index >= 15 is 0 Å². The van der Waals surface area contributed by atoms with Crippen molar-refractivity contribution in [3.05, 3.63) is 36.0 Å². The van der Waals surface area contributed by atoms with Gasteiger partial charge in [-0.15, -0.1) is 0 Å². The molecule has 2 aromatic rings. The van der Waals surface area contributed by atoms with Crippen LogP contribution in [-0.2, 0) is 25.6 Å². The predicted octanol–water partition coefficient (Wildman–Crippen LogP) is -1.38. The second-order valence-electron chi connectivity index (χ2n) is 8.12. The summed E-state index contributed by atoms with van der Waals surface area (Å²) < 4.78 is 0. The molecule has 0 fully saturated rings. The molecule has 0 bridgehead atoms. The molecule has 1 aromatic carbocycles. The summed E-state index contributed by atoms with van der Waals surface area (Å²) in [5, 5.41) is 25.0. The lowest BCUT2D eigenvalue weighted by Gasteiger charge is -2.23. The van der Waals surface area contributed by atoms with Gasteiger partial charge in [0.25, 0.3) is 0 Å². The first kappa shape index (κ1) is 27.1. The maximum atomic E-state index is 13.1. The summed E-state index contributed by atoms with van der Waals surface area (Å²) in [7, 11) is 0. The van der Waals surface area contributed by atoms with Crippen molar-refractivity contribution in [2.45, 2.75) is 50.2 Å². The molecule has 0 radical (unpaired) electrons. The first-order valence-electron chi connectivity index (χ1n) is 11.1. The lowest BCUT2D eigenvalue weighted by Crippen LogP contribution is -2.55. The summed E-state index contributed by atoms with van der Waals surface area (Å²) in [6.45, 7) is 0.357. The molecular formula is C22H32N8O5. The number of nitrogens with one attached hydrogen (secondary N) is 5. The number of carboxylic acid groups (broad SMARTS) is 1. The van der Waals surface area contributed by atoms with E-state index in [1.54, 1.807) is 6.20 Å². The normalized spacial score (nSPS) is 13.4. The van der Waals surface area contributed by atoms with Crippen LogP contribution in [-0.4, -0.2) is 64.4 Å². The van der Waals surface area contributed by atoms with Crippen molar-refractivity contribution in [2.24, 2.45) is 17.2 Å². The molecule has 0 aliphatic carbocycles. The number of fused-ring (bicyclic) bond motifs is 1. The van der Waals surface area contributed by atoms with Crippen molar-refractivity contribution in [3.8, 4) is 0 Å². The third-order valence-electron chi connectivity index (χ3n) is 5.37. The van der Waals surface area contributed by atoms with Gasteiger partial charge in [0.05, 0.1) is 6.04 Å². The van der Waals surface area contributed by atoms with Gasteiger partial charge in [0.1, 0.15) is 12.1 Å². The summed E-state index contributed by atoms with van der Waals surface area (Å²) in [5.41, 5.74) is 17.9. The Hall–Kier alpha value is -4.13. The van der Waals surface area contributed by atoms with E-state index in [1.165, 1.54) is 0 Å². The fraction of sp³-hybridized carbons (Fsp3) is 0.409. The van der Waals surface area contributed by atoms with Crippen molar-refractivity contribution in [2.75, 3.05) is 6.54 Å². The topological polar surface area (TPSA) is 242 Å². The number of hydrogen-bond acceptors (Lipinski definition) is 6. The number of rotatable bonds is 14. The summed E-state index contributed by atoms with van der Waals surface area (Å²) in [4.78, 5) is 51.5. The van der Waals surface area contributed by atoms with E-state index in [0.717, 1.165) is 16.5 Å². The van der Waals surface area contributed by atoms with Gasteiger partial charge < -0.3 is 43.2 Å². The van der Waals surface area contributed by atoms with Gasteiger partial charge in [-0.3, -0.25) is 19.8 Å². The molecule has 1 heterocycles. The Morgan fingerprint density at radius 2 is 1.71 bits per heavy atom. The molecule has 3 amide bonds. The van der Waals surface area contributed by atoms with Gasteiger partial charge in [0.15, 0.2) is 5.96 Å². The number of hydrogen-bond donors (Lipinski definition) is 9. The minimum Gasteiger partial charge on any atom is -0.480 e. The zero-order valence-electron chi connectivity index (χ0n) is 19.2. The standard InChI is InChI=1S/C22H32N8O5/c23-14(5-3-9-27-22(25)26)19(32)30-17(10-12-11-28-15-6-2-1-4-13(12)15)20(33)29-16(21(34)35)7-8-18(24)31/h1-2,4,6,11,14,16-17,28H,3,5,7-10,23H2,(H2,24,31)(H,29,33)(H,30,32)(H,34,35)(H4,25,26,27)/t14-,16-,17-/m0/s1. The molecule has 0 aliphatic rings. The third kappa shape index (κ3) is 8.62. The Balaban J connectivity index is 2.15. The highest BCUT2D eigenvalue weighted by atomic mass is 16.4. The van der Waals surface area contributed by atoms with E-state index < -0.39 is 41.8 Å². The minimum absolute atomic E-state index is 0.0718. The molecule has 3 atom stereocenters. The summed E-state index contributed by atoms with van der Waals surface area (Å²) in [6.07, 6.45) is 2.10. The van der Waals surface area contributed by atoms with Crippen molar-refractivity contribution >= 4 is 40.6 Å². The van der Waals surface area contributed by atoms with Crippen molar-refractivity contribution in [3.63, 3.8) is 0 Å². The van der Waals surface area contributed by atoms with Crippen LogP contribution in [0, 0.1) is 5.41 Å². The van der Waals surface area contributed by atoms with E-state index in [4.69, 9.17) is 22.6 Å². The van der Waals surface area contributed by atoms with E-state index in [1.807, 2.05) is 24.3 Å². The highest BCUT2D eigenvalue weighted by molar-refractivity contribution is 5.93. The maximum absolute atomic E-state index is 13.1. The Kier molecular flexibility index (Phi) is 10.0. The summed E-state index contributed by atoms with van der Waals surface area (Å²) in [5.74, 6) is -3.53. The Morgan fingerprint density at radius 3 is 2.37 bits per heavy atom. The molecule has 0 saturated carbocycles. The van der Waals surface area contributed by atoms with Crippen LogP contribution in [0.15, 0.2) is 30.5 Å². The lowest BCUT2D eigenvalue weighted by atomic mass is 10.0. The number of aromatic nitrogens is 1. The van der Waals surface area contributed by atoms with Gasteiger partial charge in [-0.1, -0.05) is 18.2 Å². The number of amides is 3. The SMILES string of the molecule is N=C(N)NCCC[C@H](N)C(=O)N[C@@H](Cc1c[nH]c2ccccc12)C(=O)N[C@@H](CCC(N)=O)C(=O)O. The zero-order valence-corrected chi connectivity index (χ0v) is 19.2. The number of benzene rings is 1. The average Bonchev–Trinajstić information content (AvgIpc) is 3.21. The smallest absolute Gasteiger partial charge is 0.326 e. The van der Waals surface area contributed by atoms with Crippen LogP contribution in [0.2, 0.25) is 0 Å². The Labute approximate surface area is 201 Å². The monoisotopic (exact) mass is 488 g/mol. The van der Waals surface area contributed by atoms with E-state index in [9.17, 15) is 24.3 Å². The van der Waals surface area contributed by atoms with Crippen LogP contribution in [0.1, 0.15) is 31.2 Å². The number of primary amides is 1. The molecule has 35 heavy (non-hydrogen) atoms. The molecule has 2 rings (SSSR count). The summed E-state index contributed by atoms with van der Waals surface area (Å²) >= 11 is 0. The molecule has 0 saturated heterocycles. The molecule has 0 aliphatic heterocycles. The number of carboxylic acids is 1. The molecule has 12 N–H and O–H groups in total. The first-order valence-corrected chi connectivity index (χ1v) is 11.1. The number of carbonyl (C=O) groups is 4. The highest BCUT2D eigenvalue weighted by Crippen LogP contribution is 2.19. The van der Waals surface area contributed by atoms with Gasteiger partial charge in [0, 0.05) is 36.5 Å². The minimum atomic E-state index is -1.36. The number of guanidine groups is 1.